The molecule has 0 unspecified atom stereocenters. The third-order valence-corrected chi connectivity index (χ3v) is 2.61. The van der Waals surface area contributed by atoms with E-state index in [9.17, 15) is 8.78 Å². The Labute approximate surface area is 104 Å². The van der Waals surface area contributed by atoms with Crippen molar-refractivity contribution in [2.45, 2.75) is 18.7 Å². The molecule has 1 heterocycles. The quantitative estimate of drug-likeness (QED) is 0.479. The van der Waals surface area contributed by atoms with Gasteiger partial charge in [0.25, 0.3) is 6.43 Å². The van der Waals surface area contributed by atoms with Crippen LogP contribution in [0.3, 0.4) is 0 Å². The second kappa shape index (κ2) is 5.56. The summed E-state index contributed by atoms with van der Waals surface area (Å²) in [6.45, 7) is 0. The van der Waals surface area contributed by atoms with Crippen molar-refractivity contribution in [3.05, 3.63) is 26.6 Å². The summed E-state index contributed by atoms with van der Waals surface area (Å²) in [4.78, 5) is 3.92. The molecular formula is C9H6ClF2IN2. The van der Waals surface area contributed by atoms with Crippen LogP contribution in [0.2, 0.25) is 0 Å². The summed E-state index contributed by atoms with van der Waals surface area (Å²) in [5, 5.41) is 8.53. The Morgan fingerprint density at radius 1 is 1.60 bits per heavy atom. The van der Waals surface area contributed by atoms with E-state index >= 15 is 0 Å². The van der Waals surface area contributed by atoms with Crippen molar-refractivity contribution in [3.8, 4) is 6.07 Å². The van der Waals surface area contributed by atoms with E-state index in [1.165, 1.54) is 6.07 Å². The van der Waals surface area contributed by atoms with Crippen LogP contribution < -0.4 is 0 Å². The van der Waals surface area contributed by atoms with E-state index in [1.807, 2.05) is 28.7 Å². The molecule has 0 aromatic carbocycles. The van der Waals surface area contributed by atoms with E-state index in [1.54, 1.807) is 0 Å². The number of pyridine rings is 1. The van der Waals surface area contributed by atoms with Gasteiger partial charge in [-0.2, -0.15) is 5.26 Å². The Hall–Kier alpha value is -0.480. The fourth-order valence-electron chi connectivity index (χ4n) is 1.23. The highest BCUT2D eigenvalue weighted by Gasteiger charge is 2.19. The van der Waals surface area contributed by atoms with Gasteiger partial charge in [0.2, 0.25) is 0 Å². The molecule has 0 fully saturated rings. The Morgan fingerprint density at radius 2 is 2.27 bits per heavy atom. The molecule has 0 aliphatic carbocycles. The number of hydrogen-bond donors (Lipinski definition) is 0. The van der Waals surface area contributed by atoms with Crippen molar-refractivity contribution < 1.29 is 8.78 Å². The maximum Gasteiger partial charge on any atom is 0.265 e. The lowest BCUT2D eigenvalue weighted by Gasteiger charge is -2.10. The van der Waals surface area contributed by atoms with Crippen LogP contribution in [-0.4, -0.2) is 4.98 Å². The number of halogens is 4. The lowest BCUT2D eigenvalue weighted by molar-refractivity contribution is 0.149. The molecule has 6 heteroatoms. The number of alkyl halides is 3. The monoisotopic (exact) mass is 342 g/mol. The van der Waals surface area contributed by atoms with Gasteiger partial charge in [-0.05, 0) is 34.2 Å². The molecule has 0 aliphatic rings. The molecule has 1 aromatic heterocycles. The van der Waals surface area contributed by atoms with Gasteiger partial charge in [0.15, 0.2) is 0 Å². The minimum absolute atomic E-state index is 0.0535. The molecule has 0 amide bonds. The van der Waals surface area contributed by atoms with Crippen molar-refractivity contribution in [1.82, 2.24) is 4.98 Å². The zero-order valence-electron chi connectivity index (χ0n) is 7.48. The van der Waals surface area contributed by atoms with Crippen molar-refractivity contribution in [1.29, 1.82) is 5.26 Å². The first-order chi connectivity index (χ1) is 7.10. The van der Waals surface area contributed by atoms with Gasteiger partial charge >= 0.3 is 0 Å². The van der Waals surface area contributed by atoms with Crippen LogP contribution in [0, 0.1) is 15.0 Å². The van der Waals surface area contributed by atoms with Crippen molar-refractivity contribution >= 4 is 34.2 Å². The SMILES string of the molecule is N#CCc1cc(I)nc(CCl)c1C(F)F. The molecular weight excluding hydrogens is 336 g/mol. The largest absolute Gasteiger partial charge is 0.265 e. The molecule has 0 saturated heterocycles. The fourth-order valence-corrected chi connectivity index (χ4v) is 2.10. The van der Waals surface area contributed by atoms with E-state index in [4.69, 9.17) is 16.9 Å². The number of aromatic nitrogens is 1. The molecule has 0 atom stereocenters. The molecule has 0 aliphatic heterocycles. The first-order valence-corrected chi connectivity index (χ1v) is 5.60. The summed E-state index contributed by atoms with van der Waals surface area (Å²) in [5.41, 5.74) is 0.262. The van der Waals surface area contributed by atoms with Crippen LogP contribution in [0.4, 0.5) is 8.78 Å². The molecule has 80 valence electrons. The van der Waals surface area contributed by atoms with Crippen LogP contribution in [-0.2, 0) is 12.3 Å². The van der Waals surface area contributed by atoms with Crippen molar-refractivity contribution in [2.24, 2.45) is 0 Å². The summed E-state index contributed by atoms with van der Waals surface area (Å²) in [6.07, 6.45) is -2.70. The molecule has 2 nitrogen and oxygen atoms in total. The predicted molar refractivity (Wildman–Crippen MR) is 60.8 cm³/mol. The number of rotatable bonds is 3. The Morgan fingerprint density at radius 3 is 2.73 bits per heavy atom. The second-order valence-corrected chi connectivity index (χ2v) is 4.11. The number of hydrogen-bond acceptors (Lipinski definition) is 2. The van der Waals surface area contributed by atoms with Crippen molar-refractivity contribution in [2.75, 3.05) is 0 Å². The van der Waals surface area contributed by atoms with E-state index < -0.39 is 6.43 Å². The smallest absolute Gasteiger partial charge is 0.245 e. The molecule has 1 aromatic rings. The first-order valence-electron chi connectivity index (χ1n) is 3.99. The summed E-state index contributed by atoms with van der Waals surface area (Å²) in [6, 6.07) is 3.34. The van der Waals surface area contributed by atoms with Crippen LogP contribution >= 0.6 is 34.2 Å². The summed E-state index contributed by atoms with van der Waals surface area (Å²) in [7, 11) is 0. The maximum absolute atomic E-state index is 12.7. The average molecular weight is 343 g/mol. The zero-order chi connectivity index (χ0) is 11.4. The number of nitrogens with zero attached hydrogens (tertiary/aromatic N) is 2. The minimum atomic E-state index is -2.65. The highest BCUT2D eigenvalue weighted by atomic mass is 127. The van der Waals surface area contributed by atoms with E-state index in [2.05, 4.69) is 4.98 Å². The molecule has 1 rings (SSSR count). The molecule has 0 spiro atoms. The molecule has 0 bridgehead atoms. The summed E-state index contributed by atoms with van der Waals surface area (Å²) in [5.74, 6) is -0.0745. The van der Waals surface area contributed by atoms with Gasteiger partial charge in [-0.15, -0.1) is 11.6 Å². The van der Waals surface area contributed by atoms with Gasteiger partial charge in [-0.3, -0.25) is 0 Å². The first kappa shape index (κ1) is 12.6. The van der Waals surface area contributed by atoms with Crippen molar-refractivity contribution in [3.63, 3.8) is 0 Å². The number of nitriles is 1. The molecule has 0 radical (unpaired) electrons. The minimum Gasteiger partial charge on any atom is -0.245 e. The third-order valence-electron chi connectivity index (χ3n) is 1.81. The van der Waals surface area contributed by atoms with Gasteiger partial charge in [0.05, 0.1) is 24.1 Å². The predicted octanol–water partition coefficient (Wildman–Crippen LogP) is 3.43. The van der Waals surface area contributed by atoms with E-state index in [0.717, 1.165) is 0 Å². The van der Waals surface area contributed by atoms with E-state index in [-0.39, 0.29) is 23.6 Å². The Bertz CT molecular complexity index is 404. The lowest BCUT2D eigenvalue weighted by Crippen LogP contribution is -2.04. The average Bonchev–Trinajstić information content (AvgIpc) is 2.16. The summed E-state index contributed by atoms with van der Waals surface area (Å²) < 4.78 is 26.0. The van der Waals surface area contributed by atoms with E-state index in [0.29, 0.717) is 9.26 Å². The standard InChI is InChI=1S/C9H6ClF2IN2/c10-4-6-8(9(11)12)5(1-2-14)3-7(13)15-6/h3,9H,1,4H2. The lowest BCUT2D eigenvalue weighted by atomic mass is 10.1. The van der Waals surface area contributed by atoms with Crippen LogP contribution in [0.25, 0.3) is 0 Å². The molecule has 15 heavy (non-hydrogen) atoms. The zero-order valence-corrected chi connectivity index (χ0v) is 10.4. The summed E-state index contributed by atoms with van der Waals surface area (Å²) >= 11 is 7.45. The van der Waals surface area contributed by atoms with Gasteiger partial charge in [-0.25, -0.2) is 13.8 Å². The topological polar surface area (TPSA) is 36.7 Å². The highest BCUT2D eigenvalue weighted by molar-refractivity contribution is 14.1. The Balaban J connectivity index is 3.34. The second-order valence-electron chi connectivity index (χ2n) is 2.73. The van der Waals surface area contributed by atoms with Crippen LogP contribution in [0.15, 0.2) is 6.07 Å². The van der Waals surface area contributed by atoms with Crippen LogP contribution in [0.1, 0.15) is 23.2 Å². The Kier molecular flexibility index (Phi) is 4.67. The normalized spacial score (nSPS) is 10.4. The maximum atomic E-state index is 12.7. The molecule has 0 N–H and O–H groups in total. The van der Waals surface area contributed by atoms with Gasteiger partial charge in [-0.1, -0.05) is 0 Å². The third kappa shape index (κ3) is 2.98. The van der Waals surface area contributed by atoms with Gasteiger partial charge in [0.1, 0.15) is 3.70 Å². The fraction of sp³-hybridized carbons (Fsp3) is 0.333. The molecule has 0 saturated carbocycles. The van der Waals surface area contributed by atoms with Gasteiger partial charge in [0, 0.05) is 5.56 Å². The van der Waals surface area contributed by atoms with Crippen LogP contribution in [0.5, 0.6) is 0 Å². The highest BCUT2D eigenvalue weighted by Crippen LogP contribution is 2.28. The van der Waals surface area contributed by atoms with Gasteiger partial charge < -0.3 is 0 Å².